The third-order valence-corrected chi connectivity index (χ3v) is 3.15. The van der Waals surface area contributed by atoms with E-state index in [9.17, 15) is 4.79 Å². The number of anilines is 1. The maximum atomic E-state index is 10.9. The summed E-state index contributed by atoms with van der Waals surface area (Å²) in [5.74, 6) is 0.453. The minimum absolute atomic E-state index is 0.182. The van der Waals surface area contributed by atoms with Crippen LogP contribution in [0.5, 0.6) is 0 Å². The van der Waals surface area contributed by atoms with Crippen LogP contribution in [0, 0.1) is 12.8 Å². The maximum Gasteiger partial charge on any atom is 0.339 e. The number of rotatable bonds is 6. The Morgan fingerprint density at radius 3 is 2.78 bits per heavy atom. The van der Waals surface area contributed by atoms with Crippen LogP contribution in [-0.2, 0) is 0 Å². The fourth-order valence-corrected chi connectivity index (χ4v) is 1.97. The van der Waals surface area contributed by atoms with Crippen molar-refractivity contribution in [3.05, 3.63) is 17.5 Å². The molecular weight excluding hydrogens is 230 g/mol. The average molecular weight is 249 g/mol. The lowest BCUT2D eigenvalue weighted by atomic mass is 10.2. The van der Waals surface area contributed by atoms with Gasteiger partial charge in [-0.2, -0.15) is 0 Å². The molecule has 1 aliphatic carbocycles. The van der Waals surface area contributed by atoms with Crippen LogP contribution in [-0.4, -0.2) is 34.1 Å². The summed E-state index contributed by atoms with van der Waals surface area (Å²) in [6.07, 6.45) is 5.02. The van der Waals surface area contributed by atoms with Crippen LogP contribution in [0.25, 0.3) is 0 Å². The van der Waals surface area contributed by atoms with Crippen LogP contribution in [0.3, 0.4) is 0 Å². The monoisotopic (exact) mass is 249 g/mol. The van der Waals surface area contributed by atoms with Gasteiger partial charge in [-0.05, 0) is 32.1 Å². The van der Waals surface area contributed by atoms with E-state index in [1.54, 1.807) is 6.92 Å². The molecule has 1 fully saturated rings. The normalized spacial score (nSPS) is 14.6. The van der Waals surface area contributed by atoms with Gasteiger partial charge in [-0.25, -0.2) is 14.8 Å². The van der Waals surface area contributed by atoms with Crippen LogP contribution >= 0.6 is 0 Å². The first-order valence-electron chi connectivity index (χ1n) is 6.43. The van der Waals surface area contributed by atoms with Crippen molar-refractivity contribution in [2.45, 2.75) is 33.1 Å². The molecule has 0 aromatic carbocycles. The first-order valence-corrected chi connectivity index (χ1v) is 6.43. The lowest BCUT2D eigenvalue weighted by molar-refractivity contribution is 0.0695. The third kappa shape index (κ3) is 2.97. The summed E-state index contributed by atoms with van der Waals surface area (Å²) >= 11 is 0. The molecule has 1 saturated carbocycles. The van der Waals surface area contributed by atoms with Crippen LogP contribution in [0.2, 0.25) is 0 Å². The van der Waals surface area contributed by atoms with Gasteiger partial charge in [0.25, 0.3) is 0 Å². The molecule has 1 aliphatic rings. The highest BCUT2D eigenvalue weighted by Gasteiger charge is 2.25. The van der Waals surface area contributed by atoms with Crippen molar-refractivity contribution in [2.24, 2.45) is 5.92 Å². The number of hydrogen-bond donors (Lipinski definition) is 1. The smallest absolute Gasteiger partial charge is 0.339 e. The lowest BCUT2D eigenvalue weighted by Crippen LogP contribution is -2.28. The van der Waals surface area contributed by atoms with Crippen LogP contribution in [0.15, 0.2) is 6.20 Å². The molecule has 0 bridgehead atoms. The second-order valence-electron chi connectivity index (χ2n) is 4.86. The topological polar surface area (TPSA) is 66.3 Å². The molecule has 0 atom stereocenters. The summed E-state index contributed by atoms with van der Waals surface area (Å²) in [7, 11) is 0. The number of aryl methyl sites for hydroxylation is 1. The molecule has 0 spiro atoms. The Kier molecular flexibility index (Phi) is 3.79. The van der Waals surface area contributed by atoms with Crippen molar-refractivity contribution in [3.63, 3.8) is 0 Å². The molecule has 0 amide bonds. The van der Waals surface area contributed by atoms with Gasteiger partial charge < -0.3 is 10.0 Å². The summed E-state index contributed by atoms with van der Waals surface area (Å²) in [6, 6.07) is 0. The van der Waals surface area contributed by atoms with Crippen molar-refractivity contribution in [1.29, 1.82) is 0 Å². The van der Waals surface area contributed by atoms with E-state index in [0.29, 0.717) is 11.6 Å². The average Bonchev–Trinajstić information content (AvgIpc) is 3.11. The Bertz CT molecular complexity index is 444. The quantitative estimate of drug-likeness (QED) is 0.836. The van der Waals surface area contributed by atoms with E-state index >= 15 is 0 Å². The Balaban J connectivity index is 2.18. The molecule has 1 aromatic rings. The molecule has 1 N–H and O–H groups in total. The van der Waals surface area contributed by atoms with Gasteiger partial charge in [0.15, 0.2) is 0 Å². The second-order valence-corrected chi connectivity index (χ2v) is 4.86. The Morgan fingerprint density at radius 1 is 1.56 bits per heavy atom. The zero-order valence-corrected chi connectivity index (χ0v) is 10.9. The second kappa shape index (κ2) is 5.33. The molecule has 5 nitrogen and oxygen atoms in total. The molecule has 98 valence electrons. The fraction of sp³-hybridized carbons (Fsp3) is 0.615. The summed E-state index contributed by atoms with van der Waals surface area (Å²) < 4.78 is 0. The third-order valence-electron chi connectivity index (χ3n) is 3.15. The van der Waals surface area contributed by atoms with E-state index in [1.807, 2.05) is 0 Å². The molecule has 1 aromatic heterocycles. The van der Waals surface area contributed by atoms with E-state index < -0.39 is 5.97 Å². The van der Waals surface area contributed by atoms with E-state index in [1.165, 1.54) is 19.0 Å². The van der Waals surface area contributed by atoms with E-state index in [4.69, 9.17) is 5.11 Å². The van der Waals surface area contributed by atoms with E-state index in [-0.39, 0.29) is 5.56 Å². The largest absolute Gasteiger partial charge is 0.478 e. The molecule has 0 radical (unpaired) electrons. The van der Waals surface area contributed by atoms with Gasteiger partial charge in [-0.15, -0.1) is 0 Å². The standard InChI is InChI=1S/C13H19N3O2/c1-3-6-16(8-10-4-5-10)13-14-7-11(12(17)18)9(2)15-13/h7,10H,3-6,8H2,1-2H3,(H,17,18). The number of carboxylic acids is 1. The van der Waals surface area contributed by atoms with Gasteiger partial charge in [0.2, 0.25) is 5.95 Å². The lowest BCUT2D eigenvalue weighted by Gasteiger charge is -2.22. The molecule has 0 unspecified atom stereocenters. The van der Waals surface area contributed by atoms with Crippen molar-refractivity contribution in [3.8, 4) is 0 Å². The van der Waals surface area contributed by atoms with Crippen molar-refractivity contribution < 1.29 is 9.90 Å². The number of nitrogens with zero attached hydrogens (tertiary/aromatic N) is 3. The van der Waals surface area contributed by atoms with Crippen LogP contribution < -0.4 is 4.90 Å². The maximum absolute atomic E-state index is 10.9. The minimum Gasteiger partial charge on any atom is -0.478 e. The van der Waals surface area contributed by atoms with Crippen LogP contribution in [0.1, 0.15) is 42.2 Å². The molecule has 0 saturated heterocycles. The molecule has 5 heteroatoms. The zero-order valence-electron chi connectivity index (χ0n) is 10.9. The van der Waals surface area contributed by atoms with E-state index in [0.717, 1.165) is 25.4 Å². The predicted octanol–water partition coefficient (Wildman–Crippen LogP) is 2.11. The summed E-state index contributed by atoms with van der Waals surface area (Å²) in [4.78, 5) is 21.6. The van der Waals surface area contributed by atoms with Gasteiger partial charge in [0, 0.05) is 19.3 Å². The molecule has 2 rings (SSSR count). The van der Waals surface area contributed by atoms with Crippen molar-refractivity contribution >= 4 is 11.9 Å². The highest BCUT2D eigenvalue weighted by atomic mass is 16.4. The van der Waals surface area contributed by atoms with Gasteiger partial charge >= 0.3 is 5.97 Å². The zero-order chi connectivity index (χ0) is 13.1. The first-order chi connectivity index (χ1) is 8.61. The Labute approximate surface area is 107 Å². The van der Waals surface area contributed by atoms with E-state index in [2.05, 4.69) is 21.8 Å². The summed E-state index contributed by atoms with van der Waals surface area (Å²) in [5, 5.41) is 8.96. The highest BCUT2D eigenvalue weighted by Crippen LogP contribution is 2.30. The number of carbonyl (C=O) groups is 1. The SMILES string of the molecule is CCCN(CC1CC1)c1ncc(C(=O)O)c(C)n1. The summed E-state index contributed by atoms with van der Waals surface area (Å²) in [6.45, 7) is 5.75. The molecule has 1 heterocycles. The van der Waals surface area contributed by atoms with Gasteiger partial charge in [0.1, 0.15) is 0 Å². The van der Waals surface area contributed by atoms with Gasteiger partial charge in [-0.3, -0.25) is 0 Å². The van der Waals surface area contributed by atoms with Gasteiger partial charge in [-0.1, -0.05) is 6.92 Å². The number of hydrogen-bond acceptors (Lipinski definition) is 4. The number of aromatic nitrogens is 2. The highest BCUT2D eigenvalue weighted by molar-refractivity contribution is 5.88. The van der Waals surface area contributed by atoms with Crippen molar-refractivity contribution in [1.82, 2.24) is 9.97 Å². The predicted molar refractivity (Wildman–Crippen MR) is 69.0 cm³/mol. The molecule has 18 heavy (non-hydrogen) atoms. The van der Waals surface area contributed by atoms with Crippen molar-refractivity contribution in [2.75, 3.05) is 18.0 Å². The number of carboxylic acid groups (broad SMARTS) is 1. The molecular formula is C13H19N3O2. The minimum atomic E-state index is -0.969. The Hall–Kier alpha value is -1.65. The van der Waals surface area contributed by atoms with Crippen LogP contribution in [0.4, 0.5) is 5.95 Å². The van der Waals surface area contributed by atoms with Gasteiger partial charge in [0.05, 0.1) is 11.3 Å². The number of aromatic carboxylic acids is 1. The fourth-order valence-electron chi connectivity index (χ4n) is 1.97. The summed E-state index contributed by atoms with van der Waals surface area (Å²) in [5.41, 5.74) is 0.714. The Morgan fingerprint density at radius 2 is 2.28 bits per heavy atom. The molecule has 0 aliphatic heterocycles. The first kappa shape index (κ1) is 12.8.